The van der Waals surface area contributed by atoms with Crippen LogP contribution in [0.4, 0.5) is 5.82 Å². The molecule has 1 heterocycles. The van der Waals surface area contributed by atoms with Crippen LogP contribution in [0, 0.1) is 11.3 Å². The molecule has 5 heteroatoms. The number of aryl methyl sites for hydroxylation is 2. The molecule has 1 N–H and O–H groups in total. The van der Waals surface area contributed by atoms with E-state index in [1.54, 1.807) is 0 Å². The number of amides is 1. The Morgan fingerprint density at radius 1 is 1.60 bits per heavy atom. The summed E-state index contributed by atoms with van der Waals surface area (Å²) in [7, 11) is 0. The molecule has 1 atom stereocenters. The summed E-state index contributed by atoms with van der Waals surface area (Å²) in [5, 5.41) is 11.8. The molecule has 2 rings (SSSR count). The number of carbonyl (C=O) groups excluding carboxylic acids is 1. The van der Waals surface area contributed by atoms with Gasteiger partial charge < -0.3 is 10.1 Å². The molecule has 0 fully saturated rings. The molecule has 1 amide bonds. The van der Waals surface area contributed by atoms with Gasteiger partial charge in [-0.05, 0) is 44.2 Å². The van der Waals surface area contributed by atoms with E-state index < -0.39 is 0 Å². The van der Waals surface area contributed by atoms with Crippen molar-refractivity contribution in [1.29, 1.82) is 5.26 Å². The predicted molar refractivity (Wildman–Crippen MR) is 75.3 cm³/mol. The van der Waals surface area contributed by atoms with Crippen LogP contribution in [-0.2, 0) is 22.4 Å². The summed E-state index contributed by atoms with van der Waals surface area (Å²) in [6.45, 7) is 3.90. The summed E-state index contributed by atoms with van der Waals surface area (Å²) in [5.41, 5.74) is 2.53. The molecule has 1 aromatic heterocycles. The van der Waals surface area contributed by atoms with E-state index >= 15 is 0 Å². The minimum absolute atomic E-state index is 0.0152. The quantitative estimate of drug-likeness (QED) is 0.892. The first-order chi connectivity index (χ1) is 9.63. The molecule has 0 aromatic carbocycles. The van der Waals surface area contributed by atoms with Crippen LogP contribution < -0.4 is 5.32 Å². The number of fused-ring (bicyclic) bond motifs is 1. The minimum Gasteiger partial charge on any atom is -0.369 e. The van der Waals surface area contributed by atoms with Gasteiger partial charge in [-0.25, -0.2) is 4.98 Å². The zero-order chi connectivity index (χ0) is 14.5. The van der Waals surface area contributed by atoms with Crippen molar-refractivity contribution < 1.29 is 9.53 Å². The molecule has 1 aliphatic rings. The average Bonchev–Trinajstić information content (AvgIpc) is 2.90. The lowest BCUT2D eigenvalue weighted by Gasteiger charge is -2.11. The van der Waals surface area contributed by atoms with Crippen molar-refractivity contribution in [2.24, 2.45) is 0 Å². The minimum atomic E-state index is -0.271. The van der Waals surface area contributed by atoms with Crippen molar-refractivity contribution in [3.63, 3.8) is 0 Å². The van der Waals surface area contributed by atoms with E-state index in [0.717, 1.165) is 36.9 Å². The van der Waals surface area contributed by atoms with Gasteiger partial charge in [0.15, 0.2) is 5.82 Å². The Kier molecular flexibility index (Phi) is 4.70. The molecular formula is C15H19N3O2. The van der Waals surface area contributed by atoms with Crippen molar-refractivity contribution in [2.75, 3.05) is 11.9 Å². The third-order valence-electron chi connectivity index (χ3n) is 3.50. The monoisotopic (exact) mass is 273 g/mol. The maximum Gasteiger partial charge on any atom is 0.251 e. The normalized spacial score (nSPS) is 14.4. The fourth-order valence-corrected chi connectivity index (χ4v) is 2.16. The smallest absolute Gasteiger partial charge is 0.251 e. The molecule has 20 heavy (non-hydrogen) atoms. The summed E-state index contributed by atoms with van der Waals surface area (Å²) in [4.78, 5) is 16.2. The summed E-state index contributed by atoms with van der Waals surface area (Å²) in [5.74, 6) is 0.0816. The van der Waals surface area contributed by atoms with Crippen LogP contribution >= 0.6 is 0 Å². The van der Waals surface area contributed by atoms with Crippen LogP contribution in [0.15, 0.2) is 6.07 Å². The van der Waals surface area contributed by atoms with Crippen LogP contribution in [0.2, 0.25) is 0 Å². The number of hydrogen-bond acceptors (Lipinski definition) is 4. The number of nitrogens with zero attached hydrogens (tertiary/aromatic N) is 2. The highest BCUT2D eigenvalue weighted by molar-refractivity contribution is 5.92. The Morgan fingerprint density at radius 2 is 2.40 bits per heavy atom. The molecule has 5 nitrogen and oxygen atoms in total. The first kappa shape index (κ1) is 14.5. The molecule has 0 spiro atoms. The molecule has 1 aromatic rings. The third kappa shape index (κ3) is 3.34. The molecule has 106 valence electrons. The standard InChI is InChI=1S/C15H19N3O2/c1-3-10(2)20-9-14(19)18-15-12(8-16)7-11-5-4-6-13(11)17-15/h7,10H,3-6,9H2,1-2H3,(H,17,18,19)/t10-/m1/s1. The highest BCUT2D eigenvalue weighted by Gasteiger charge is 2.17. The summed E-state index contributed by atoms with van der Waals surface area (Å²) in [6.07, 6.45) is 3.83. The van der Waals surface area contributed by atoms with E-state index in [1.165, 1.54) is 0 Å². The molecule has 0 radical (unpaired) electrons. The van der Waals surface area contributed by atoms with Gasteiger partial charge in [-0.15, -0.1) is 0 Å². The number of anilines is 1. The van der Waals surface area contributed by atoms with E-state index in [-0.39, 0.29) is 18.6 Å². The van der Waals surface area contributed by atoms with Gasteiger partial charge >= 0.3 is 0 Å². The van der Waals surface area contributed by atoms with Gasteiger partial charge in [0.2, 0.25) is 0 Å². The molecule has 0 saturated heterocycles. The van der Waals surface area contributed by atoms with E-state index in [4.69, 9.17) is 10.00 Å². The summed E-state index contributed by atoms with van der Waals surface area (Å²) in [6, 6.07) is 3.92. The van der Waals surface area contributed by atoms with Crippen LogP contribution in [0.25, 0.3) is 0 Å². The molecule has 0 unspecified atom stereocenters. The van der Waals surface area contributed by atoms with Gasteiger partial charge in [0, 0.05) is 5.69 Å². The summed E-state index contributed by atoms with van der Waals surface area (Å²) >= 11 is 0. The van der Waals surface area contributed by atoms with Gasteiger partial charge in [0.05, 0.1) is 11.7 Å². The van der Waals surface area contributed by atoms with Crippen molar-refractivity contribution in [3.05, 3.63) is 22.9 Å². The molecule has 0 saturated carbocycles. The number of hydrogen-bond donors (Lipinski definition) is 1. The maximum absolute atomic E-state index is 11.8. The lowest BCUT2D eigenvalue weighted by atomic mass is 10.1. The Bertz CT molecular complexity index is 549. The summed E-state index contributed by atoms with van der Waals surface area (Å²) < 4.78 is 5.37. The van der Waals surface area contributed by atoms with Gasteiger partial charge in [-0.1, -0.05) is 6.92 Å². The second kappa shape index (κ2) is 6.49. The molecule has 1 aliphatic carbocycles. The number of carbonyl (C=O) groups is 1. The van der Waals surface area contributed by atoms with E-state index in [1.807, 2.05) is 19.9 Å². The lowest BCUT2D eigenvalue weighted by molar-refractivity contribution is -0.122. The van der Waals surface area contributed by atoms with Crippen molar-refractivity contribution in [1.82, 2.24) is 4.98 Å². The first-order valence-electron chi connectivity index (χ1n) is 6.98. The Labute approximate surface area is 119 Å². The molecular weight excluding hydrogens is 254 g/mol. The van der Waals surface area contributed by atoms with E-state index in [2.05, 4.69) is 16.4 Å². The topological polar surface area (TPSA) is 75.0 Å². The Hall–Kier alpha value is -1.93. The predicted octanol–water partition coefficient (Wildman–Crippen LogP) is 2.20. The highest BCUT2D eigenvalue weighted by atomic mass is 16.5. The number of ether oxygens (including phenoxy) is 1. The maximum atomic E-state index is 11.8. The number of nitriles is 1. The average molecular weight is 273 g/mol. The van der Waals surface area contributed by atoms with Gasteiger partial charge in [-0.2, -0.15) is 5.26 Å². The third-order valence-corrected chi connectivity index (χ3v) is 3.50. The number of pyridine rings is 1. The SMILES string of the molecule is CC[C@@H](C)OCC(=O)Nc1nc2c(cc1C#N)CCC2. The number of nitrogens with one attached hydrogen (secondary N) is 1. The van der Waals surface area contributed by atoms with Crippen LogP contribution in [0.3, 0.4) is 0 Å². The second-order valence-electron chi connectivity index (χ2n) is 5.03. The van der Waals surface area contributed by atoms with Crippen LogP contribution in [0.5, 0.6) is 0 Å². The highest BCUT2D eigenvalue weighted by Crippen LogP contribution is 2.24. The van der Waals surface area contributed by atoms with Crippen molar-refractivity contribution in [3.8, 4) is 6.07 Å². The van der Waals surface area contributed by atoms with Gasteiger partial charge in [0.1, 0.15) is 12.7 Å². The Balaban J connectivity index is 2.05. The zero-order valence-corrected chi connectivity index (χ0v) is 11.9. The molecule has 0 bridgehead atoms. The second-order valence-corrected chi connectivity index (χ2v) is 5.03. The number of aromatic nitrogens is 1. The lowest BCUT2D eigenvalue weighted by Crippen LogP contribution is -2.22. The number of rotatable bonds is 5. The fourth-order valence-electron chi connectivity index (χ4n) is 2.16. The van der Waals surface area contributed by atoms with E-state index in [0.29, 0.717) is 11.4 Å². The van der Waals surface area contributed by atoms with Gasteiger partial charge in [0.25, 0.3) is 5.91 Å². The van der Waals surface area contributed by atoms with Crippen molar-refractivity contribution >= 4 is 11.7 Å². The zero-order valence-electron chi connectivity index (χ0n) is 11.9. The van der Waals surface area contributed by atoms with Crippen LogP contribution in [-0.4, -0.2) is 23.6 Å². The van der Waals surface area contributed by atoms with Crippen molar-refractivity contribution in [2.45, 2.75) is 45.6 Å². The first-order valence-corrected chi connectivity index (χ1v) is 6.98. The van der Waals surface area contributed by atoms with Gasteiger partial charge in [-0.3, -0.25) is 4.79 Å². The largest absolute Gasteiger partial charge is 0.369 e. The fraction of sp³-hybridized carbons (Fsp3) is 0.533. The molecule has 0 aliphatic heterocycles. The Morgan fingerprint density at radius 3 is 3.10 bits per heavy atom. The van der Waals surface area contributed by atoms with E-state index in [9.17, 15) is 4.79 Å². The van der Waals surface area contributed by atoms with Crippen LogP contribution in [0.1, 0.15) is 43.5 Å².